The highest BCUT2D eigenvalue weighted by Crippen LogP contribution is 2.24. The first-order chi connectivity index (χ1) is 11.7. The third-order valence-electron chi connectivity index (χ3n) is 3.62. The second-order valence-electron chi connectivity index (χ2n) is 5.20. The maximum atomic E-state index is 12.2. The quantitative estimate of drug-likeness (QED) is 0.693. The molecule has 6 heteroatoms. The molecule has 0 spiro atoms. The molecule has 124 valence electrons. The van der Waals surface area contributed by atoms with Crippen LogP contribution >= 0.6 is 11.8 Å². The number of aryl methyl sites for hydroxylation is 1. The summed E-state index contributed by atoms with van der Waals surface area (Å²) < 4.78 is 7.28. The Bertz CT molecular complexity index is 860. The van der Waals surface area contributed by atoms with Crippen LogP contribution in [0, 0.1) is 0 Å². The fourth-order valence-corrected chi connectivity index (χ4v) is 3.38. The SMILES string of the molecule is CCn1c(SCC(=O)Nc2cccc(OC)c2)nc2ccccc21. The van der Waals surface area contributed by atoms with Gasteiger partial charge in [0.15, 0.2) is 5.16 Å². The van der Waals surface area contributed by atoms with Crippen molar-refractivity contribution in [2.45, 2.75) is 18.6 Å². The van der Waals surface area contributed by atoms with E-state index in [0.29, 0.717) is 11.5 Å². The van der Waals surface area contributed by atoms with Gasteiger partial charge in [-0.05, 0) is 31.2 Å². The average molecular weight is 341 g/mol. The molecule has 0 aliphatic carbocycles. The number of fused-ring (bicyclic) bond motifs is 1. The number of nitrogens with one attached hydrogen (secondary N) is 1. The van der Waals surface area contributed by atoms with Crippen molar-refractivity contribution >= 4 is 34.4 Å². The summed E-state index contributed by atoms with van der Waals surface area (Å²) >= 11 is 1.44. The molecule has 0 atom stereocenters. The Morgan fingerprint density at radius 1 is 1.25 bits per heavy atom. The topological polar surface area (TPSA) is 56.2 Å². The minimum absolute atomic E-state index is 0.0667. The molecule has 0 saturated carbocycles. The van der Waals surface area contributed by atoms with E-state index < -0.39 is 0 Å². The van der Waals surface area contributed by atoms with Gasteiger partial charge in [-0.2, -0.15) is 0 Å². The van der Waals surface area contributed by atoms with Gasteiger partial charge in [0.1, 0.15) is 5.75 Å². The lowest BCUT2D eigenvalue weighted by Gasteiger charge is -2.08. The molecule has 24 heavy (non-hydrogen) atoms. The summed E-state index contributed by atoms with van der Waals surface area (Å²) in [5.41, 5.74) is 2.77. The number of methoxy groups -OCH3 is 1. The predicted octanol–water partition coefficient (Wildman–Crippen LogP) is 3.80. The summed E-state index contributed by atoms with van der Waals surface area (Å²) in [6, 6.07) is 15.3. The first-order valence-electron chi connectivity index (χ1n) is 7.73. The molecule has 0 aliphatic rings. The molecule has 0 radical (unpaired) electrons. The van der Waals surface area contributed by atoms with Crippen LogP contribution in [0.2, 0.25) is 0 Å². The summed E-state index contributed by atoms with van der Waals surface area (Å²) in [5.74, 6) is 0.955. The predicted molar refractivity (Wildman–Crippen MR) is 97.8 cm³/mol. The van der Waals surface area contributed by atoms with Crippen LogP contribution in [0.5, 0.6) is 5.75 Å². The molecule has 3 rings (SSSR count). The summed E-state index contributed by atoms with van der Waals surface area (Å²) in [5, 5.41) is 3.74. The summed E-state index contributed by atoms with van der Waals surface area (Å²) in [6.07, 6.45) is 0. The number of anilines is 1. The number of ether oxygens (including phenoxy) is 1. The molecule has 3 aromatic rings. The lowest BCUT2D eigenvalue weighted by Crippen LogP contribution is -2.14. The van der Waals surface area contributed by atoms with Crippen LogP contribution < -0.4 is 10.1 Å². The number of imidazole rings is 1. The number of rotatable bonds is 6. The van der Waals surface area contributed by atoms with Gasteiger partial charge >= 0.3 is 0 Å². The Balaban J connectivity index is 1.68. The third kappa shape index (κ3) is 3.54. The molecule has 0 fully saturated rings. The smallest absolute Gasteiger partial charge is 0.234 e. The molecule has 1 heterocycles. The minimum atomic E-state index is -0.0667. The van der Waals surface area contributed by atoms with E-state index in [4.69, 9.17) is 4.74 Å². The molecule has 0 unspecified atom stereocenters. The van der Waals surface area contributed by atoms with Crippen molar-refractivity contribution in [2.75, 3.05) is 18.2 Å². The minimum Gasteiger partial charge on any atom is -0.497 e. The highest BCUT2D eigenvalue weighted by Gasteiger charge is 2.12. The van der Waals surface area contributed by atoms with E-state index in [-0.39, 0.29) is 5.91 Å². The zero-order chi connectivity index (χ0) is 16.9. The standard InChI is InChI=1S/C18H19N3O2S/c1-3-21-16-10-5-4-9-15(16)20-18(21)24-12-17(22)19-13-7-6-8-14(11-13)23-2/h4-11H,3,12H2,1-2H3,(H,19,22). The van der Waals surface area contributed by atoms with Gasteiger partial charge in [-0.25, -0.2) is 4.98 Å². The van der Waals surface area contributed by atoms with Crippen molar-refractivity contribution in [3.8, 4) is 5.75 Å². The zero-order valence-electron chi connectivity index (χ0n) is 13.7. The van der Waals surface area contributed by atoms with Gasteiger partial charge in [0.05, 0.1) is 23.9 Å². The molecule has 5 nitrogen and oxygen atoms in total. The number of carbonyl (C=O) groups is 1. The van der Waals surface area contributed by atoms with E-state index in [2.05, 4.69) is 21.8 Å². The number of nitrogens with zero attached hydrogens (tertiary/aromatic N) is 2. The Morgan fingerprint density at radius 2 is 2.08 bits per heavy atom. The van der Waals surface area contributed by atoms with E-state index >= 15 is 0 Å². The highest BCUT2D eigenvalue weighted by atomic mass is 32.2. The van der Waals surface area contributed by atoms with Gasteiger partial charge in [-0.3, -0.25) is 4.79 Å². The van der Waals surface area contributed by atoms with Crippen molar-refractivity contribution in [2.24, 2.45) is 0 Å². The van der Waals surface area contributed by atoms with E-state index in [1.165, 1.54) is 11.8 Å². The lowest BCUT2D eigenvalue weighted by atomic mass is 10.3. The van der Waals surface area contributed by atoms with E-state index in [1.54, 1.807) is 13.2 Å². The normalized spacial score (nSPS) is 10.8. The first kappa shape index (κ1) is 16.4. The van der Waals surface area contributed by atoms with Crippen molar-refractivity contribution in [1.29, 1.82) is 0 Å². The number of benzene rings is 2. The third-order valence-corrected chi connectivity index (χ3v) is 4.60. The van der Waals surface area contributed by atoms with Crippen molar-refractivity contribution in [3.63, 3.8) is 0 Å². The maximum absolute atomic E-state index is 12.2. The van der Waals surface area contributed by atoms with Gasteiger partial charge in [0.2, 0.25) is 5.91 Å². The number of amides is 1. The first-order valence-corrected chi connectivity index (χ1v) is 8.71. The number of thioether (sulfide) groups is 1. The fourth-order valence-electron chi connectivity index (χ4n) is 2.50. The van der Waals surface area contributed by atoms with E-state index in [1.807, 2.05) is 42.5 Å². The molecular weight excluding hydrogens is 322 g/mol. The Hall–Kier alpha value is -2.47. The van der Waals surface area contributed by atoms with Crippen LogP contribution in [-0.4, -0.2) is 28.3 Å². The van der Waals surface area contributed by atoms with E-state index in [0.717, 1.165) is 28.4 Å². The molecule has 2 aromatic carbocycles. The van der Waals surface area contributed by atoms with Crippen LogP contribution in [0.4, 0.5) is 5.69 Å². The number of hydrogen-bond donors (Lipinski definition) is 1. The lowest BCUT2D eigenvalue weighted by molar-refractivity contribution is -0.113. The fraction of sp³-hybridized carbons (Fsp3) is 0.222. The van der Waals surface area contributed by atoms with Crippen LogP contribution in [0.1, 0.15) is 6.92 Å². The van der Waals surface area contributed by atoms with Gasteiger partial charge in [0, 0.05) is 18.3 Å². The Morgan fingerprint density at radius 3 is 2.88 bits per heavy atom. The van der Waals surface area contributed by atoms with Crippen LogP contribution in [-0.2, 0) is 11.3 Å². The van der Waals surface area contributed by atoms with Crippen molar-refractivity contribution < 1.29 is 9.53 Å². The summed E-state index contributed by atoms with van der Waals surface area (Å²) in [7, 11) is 1.60. The number of carbonyl (C=O) groups excluding carboxylic acids is 1. The monoisotopic (exact) mass is 341 g/mol. The van der Waals surface area contributed by atoms with Crippen molar-refractivity contribution in [3.05, 3.63) is 48.5 Å². The van der Waals surface area contributed by atoms with Crippen LogP contribution in [0.15, 0.2) is 53.7 Å². The second-order valence-corrected chi connectivity index (χ2v) is 6.14. The molecule has 0 bridgehead atoms. The van der Waals surface area contributed by atoms with Crippen LogP contribution in [0.3, 0.4) is 0 Å². The van der Waals surface area contributed by atoms with E-state index in [9.17, 15) is 4.79 Å². The number of hydrogen-bond acceptors (Lipinski definition) is 4. The van der Waals surface area contributed by atoms with Gasteiger partial charge in [0.25, 0.3) is 0 Å². The molecule has 1 aromatic heterocycles. The van der Waals surface area contributed by atoms with Crippen LogP contribution in [0.25, 0.3) is 11.0 Å². The second kappa shape index (κ2) is 7.40. The molecular formula is C18H19N3O2S. The van der Waals surface area contributed by atoms with Crippen molar-refractivity contribution in [1.82, 2.24) is 9.55 Å². The van der Waals surface area contributed by atoms with Gasteiger partial charge in [-0.15, -0.1) is 0 Å². The number of aromatic nitrogens is 2. The Labute approximate surface area is 145 Å². The zero-order valence-corrected chi connectivity index (χ0v) is 14.5. The molecule has 0 aliphatic heterocycles. The molecule has 0 saturated heterocycles. The number of para-hydroxylation sites is 2. The maximum Gasteiger partial charge on any atom is 0.234 e. The highest BCUT2D eigenvalue weighted by molar-refractivity contribution is 7.99. The largest absolute Gasteiger partial charge is 0.497 e. The Kier molecular flexibility index (Phi) is 5.05. The summed E-state index contributed by atoms with van der Waals surface area (Å²) in [6.45, 7) is 2.90. The molecule has 1 N–H and O–H groups in total. The van der Waals surface area contributed by atoms with Gasteiger partial charge in [-0.1, -0.05) is 30.0 Å². The molecule has 1 amide bonds. The average Bonchev–Trinajstić information content (AvgIpc) is 2.97. The summed E-state index contributed by atoms with van der Waals surface area (Å²) in [4.78, 5) is 16.8. The van der Waals surface area contributed by atoms with Gasteiger partial charge < -0.3 is 14.6 Å².